The van der Waals surface area contributed by atoms with Crippen LogP contribution in [0.1, 0.15) is 29.9 Å². The fourth-order valence-electron chi connectivity index (χ4n) is 2.56. The molecule has 0 spiro atoms. The lowest BCUT2D eigenvalue weighted by Gasteiger charge is -2.20. The van der Waals surface area contributed by atoms with Gasteiger partial charge in [-0.3, -0.25) is 0 Å². The third-order valence-corrected chi connectivity index (χ3v) is 3.56. The van der Waals surface area contributed by atoms with Crippen molar-refractivity contribution in [3.63, 3.8) is 0 Å². The molecule has 0 amide bonds. The Bertz CT molecular complexity index is 444. The van der Waals surface area contributed by atoms with Crippen molar-refractivity contribution in [1.29, 1.82) is 5.26 Å². The fraction of sp³-hybridized carbons (Fsp3) is 0.533. The second kappa shape index (κ2) is 5.88. The molecule has 2 rings (SSSR count). The molecule has 1 aliphatic rings. The van der Waals surface area contributed by atoms with E-state index in [0.717, 1.165) is 30.9 Å². The molecular weight excluding hydrogens is 224 g/mol. The molecule has 1 aromatic rings. The van der Waals surface area contributed by atoms with Gasteiger partial charge in [-0.15, -0.1) is 0 Å². The van der Waals surface area contributed by atoms with Crippen LogP contribution in [0.5, 0.6) is 5.75 Å². The van der Waals surface area contributed by atoms with Crippen molar-refractivity contribution in [1.82, 2.24) is 4.90 Å². The summed E-state index contributed by atoms with van der Waals surface area (Å²) in [6.45, 7) is 5.10. The summed E-state index contributed by atoms with van der Waals surface area (Å²) >= 11 is 0. The minimum atomic E-state index is -0.0991. The summed E-state index contributed by atoms with van der Waals surface area (Å²) in [5.74, 6) is 0.726. The van der Waals surface area contributed by atoms with E-state index in [-0.39, 0.29) is 5.92 Å². The zero-order valence-corrected chi connectivity index (χ0v) is 11.1. The van der Waals surface area contributed by atoms with Gasteiger partial charge in [0.1, 0.15) is 5.75 Å². The lowest BCUT2D eigenvalue weighted by Crippen LogP contribution is -2.25. The van der Waals surface area contributed by atoms with Crippen molar-refractivity contribution in [3.8, 4) is 11.8 Å². The Morgan fingerprint density at radius 2 is 2.11 bits per heavy atom. The number of likely N-dealkylation sites (tertiary alicyclic amines) is 1. The van der Waals surface area contributed by atoms with Crippen LogP contribution in [-0.4, -0.2) is 31.6 Å². The Hall–Kier alpha value is -1.53. The van der Waals surface area contributed by atoms with Crippen molar-refractivity contribution >= 4 is 0 Å². The van der Waals surface area contributed by atoms with Crippen LogP contribution in [0.3, 0.4) is 0 Å². The Morgan fingerprint density at radius 3 is 2.72 bits per heavy atom. The number of ether oxygens (including phenoxy) is 1. The van der Waals surface area contributed by atoms with E-state index < -0.39 is 0 Å². The SMILES string of the molecule is COc1ccc(C)cc1C(C#N)CN1CCCC1. The molecule has 0 aliphatic carbocycles. The maximum Gasteiger partial charge on any atom is 0.123 e. The minimum Gasteiger partial charge on any atom is -0.496 e. The number of methoxy groups -OCH3 is 1. The van der Waals surface area contributed by atoms with Crippen LogP contribution in [-0.2, 0) is 0 Å². The van der Waals surface area contributed by atoms with Gasteiger partial charge in [0, 0.05) is 12.1 Å². The molecule has 0 N–H and O–H groups in total. The van der Waals surface area contributed by atoms with Crippen molar-refractivity contribution in [2.75, 3.05) is 26.7 Å². The van der Waals surface area contributed by atoms with Gasteiger partial charge in [0.2, 0.25) is 0 Å². The molecule has 0 bridgehead atoms. The van der Waals surface area contributed by atoms with Crippen LogP contribution in [0.15, 0.2) is 18.2 Å². The standard InChI is InChI=1S/C15H20N2O/c1-12-5-6-15(18-2)14(9-12)13(10-16)11-17-7-3-4-8-17/h5-6,9,13H,3-4,7-8,11H2,1-2H3. The van der Waals surface area contributed by atoms with E-state index in [1.807, 2.05) is 19.1 Å². The van der Waals surface area contributed by atoms with E-state index >= 15 is 0 Å². The maximum atomic E-state index is 9.42. The van der Waals surface area contributed by atoms with Crippen LogP contribution in [0.2, 0.25) is 0 Å². The maximum absolute atomic E-state index is 9.42. The number of nitrogens with zero attached hydrogens (tertiary/aromatic N) is 2. The second-order valence-corrected chi connectivity index (χ2v) is 4.93. The normalized spacial score (nSPS) is 17.4. The highest BCUT2D eigenvalue weighted by molar-refractivity contribution is 5.42. The summed E-state index contributed by atoms with van der Waals surface area (Å²) in [6, 6.07) is 8.48. The molecule has 1 aromatic carbocycles. The molecular formula is C15H20N2O. The lowest BCUT2D eigenvalue weighted by atomic mass is 9.97. The number of hydrogen-bond acceptors (Lipinski definition) is 3. The van der Waals surface area contributed by atoms with E-state index in [9.17, 15) is 5.26 Å². The molecule has 3 heteroatoms. The van der Waals surface area contributed by atoms with Crippen LogP contribution in [0.4, 0.5) is 0 Å². The zero-order chi connectivity index (χ0) is 13.0. The van der Waals surface area contributed by atoms with Gasteiger partial charge in [0.25, 0.3) is 0 Å². The van der Waals surface area contributed by atoms with Crippen LogP contribution < -0.4 is 4.74 Å². The summed E-state index contributed by atoms with van der Waals surface area (Å²) in [7, 11) is 1.67. The van der Waals surface area contributed by atoms with Crippen molar-refractivity contribution in [2.24, 2.45) is 0 Å². The summed E-state index contributed by atoms with van der Waals surface area (Å²) in [5.41, 5.74) is 2.19. The first-order valence-corrected chi connectivity index (χ1v) is 6.51. The smallest absolute Gasteiger partial charge is 0.123 e. The first kappa shape index (κ1) is 12.9. The second-order valence-electron chi connectivity index (χ2n) is 4.93. The quantitative estimate of drug-likeness (QED) is 0.817. The van der Waals surface area contributed by atoms with E-state index in [1.54, 1.807) is 7.11 Å². The van der Waals surface area contributed by atoms with Crippen LogP contribution in [0.25, 0.3) is 0 Å². The van der Waals surface area contributed by atoms with Crippen LogP contribution in [0, 0.1) is 18.3 Å². The Balaban J connectivity index is 2.20. The van der Waals surface area contributed by atoms with E-state index in [0.29, 0.717) is 0 Å². The van der Waals surface area contributed by atoms with Gasteiger partial charge in [-0.2, -0.15) is 5.26 Å². The van der Waals surface area contributed by atoms with Gasteiger partial charge in [0.15, 0.2) is 0 Å². The number of hydrogen-bond donors (Lipinski definition) is 0. The van der Waals surface area contributed by atoms with Gasteiger partial charge >= 0.3 is 0 Å². The summed E-state index contributed by atoms with van der Waals surface area (Å²) in [6.07, 6.45) is 2.51. The molecule has 0 radical (unpaired) electrons. The van der Waals surface area contributed by atoms with Gasteiger partial charge in [-0.1, -0.05) is 17.7 Å². The van der Waals surface area contributed by atoms with Gasteiger partial charge in [-0.25, -0.2) is 0 Å². The van der Waals surface area contributed by atoms with Crippen molar-refractivity contribution in [2.45, 2.75) is 25.7 Å². The Morgan fingerprint density at radius 1 is 1.39 bits per heavy atom. The monoisotopic (exact) mass is 244 g/mol. The molecule has 3 nitrogen and oxygen atoms in total. The molecule has 1 unspecified atom stereocenters. The third kappa shape index (κ3) is 2.83. The number of nitriles is 1. The molecule has 1 heterocycles. The Kier molecular flexibility index (Phi) is 4.22. The first-order valence-electron chi connectivity index (χ1n) is 6.51. The summed E-state index contributed by atoms with van der Waals surface area (Å²) in [5, 5.41) is 9.42. The molecule has 1 fully saturated rings. The summed E-state index contributed by atoms with van der Waals surface area (Å²) < 4.78 is 5.38. The Labute approximate surface area is 109 Å². The largest absolute Gasteiger partial charge is 0.496 e. The van der Waals surface area contributed by atoms with Gasteiger partial charge < -0.3 is 9.64 Å². The molecule has 96 valence electrons. The first-order chi connectivity index (χ1) is 8.74. The van der Waals surface area contributed by atoms with Crippen LogP contribution >= 0.6 is 0 Å². The van der Waals surface area contributed by atoms with E-state index in [4.69, 9.17) is 4.74 Å². The lowest BCUT2D eigenvalue weighted by molar-refractivity contribution is 0.327. The van der Waals surface area contributed by atoms with Crippen molar-refractivity contribution in [3.05, 3.63) is 29.3 Å². The average Bonchev–Trinajstić information content (AvgIpc) is 2.88. The molecule has 1 saturated heterocycles. The summed E-state index contributed by atoms with van der Waals surface area (Å²) in [4.78, 5) is 2.37. The molecule has 1 aliphatic heterocycles. The highest BCUT2D eigenvalue weighted by Crippen LogP contribution is 2.28. The highest BCUT2D eigenvalue weighted by Gasteiger charge is 2.21. The third-order valence-electron chi connectivity index (χ3n) is 3.56. The average molecular weight is 244 g/mol. The zero-order valence-electron chi connectivity index (χ0n) is 11.1. The number of aryl methyl sites for hydroxylation is 1. The predicted molar refractivity (Wildman–Crippen MR) is 71.8 cm³/mol. The highest BCUT2D eigenvalue weighted by atomic mass is 16.5. The molecule has 18 heavy (non-hydrogen) atoms. The fourth-order valence-corrected chi connectivity index (χ4v) is 2.56. The number of benzene rings is 1. The van der Waals surface area contributed by atoms with Gasteiger partial charge in [-0.05, 0) is 38.9 Å². The van der Waals surface area contributed by atoms with Gasteiger partial charge in [0.05, 0.1) is 19.1 Å². The molecule has 0 saturated carbocycles. The molecule has 0 aromatic heterocycles. The minimum absolute atomic E-state index is 0.0991. The number of rotatable bonds is 4. The predicted octanol–water partition coefficient (Wildman–Crippen LogP) is 2.71. The van der Waals surface area contributed by atoms with E-state index in [1.165, 1.54) is 18.4 Å². The van der Waals surface area contributed by atoms with Crippen molar-refractivity contribution < 1.29 is 4.74 Å². The topological polar surface area (TPSA) is 36.3 Å². The molecule has 1 atom stereocenters. The van der Waals surface area contributed by atoms with E-state index in [2.05, 4.69) is 17.0 Å².